The van der Waals surface area contributed by atoms with Gasteiger partial charge in [-0.2, -0.15) is 0 Å². The molecule has 2 saturated heterocycles. The Kier molecular flexibility index (Phi) is 5.95. The van der Waals surface area contributed by atoms with E-state index in [9.17, 15) is 9.59 Å². The van der Waals surface area contributed by atoms with Gasteiger partial charge in [-0.15, -0.1) is 0 Å². The third-order valence-electron chi connectivity index (χ3n) is 3.62. The molecule has 6 nitrogen and oxygen atoms in total. The van der Waals surface area contributed by atoms with Crippen LogP contribution in [0.1, 0.15) is 38.5 Å². The predicted molar refractivity (Wildman–Crippen MR) is 77.6 cm³/mol. The summed E-state index contributed by atoms with van der Waals surface area (Å²) < 4.78 is 0. The van der Waals surface area contributed by atoms with Crippen molar-refractivity contribution in [3.63, 3.8) is 0 Å². The number of carbonyl (C=O) groups excluding carboxylic acids is 2. The quantitative estimate of drug-likeness (QED) is 0.495. The Labute approximate surface area is 120 Å². The minimum absolute atomic E-state index is 0.0899. The van der Waals surface area contributed by atoms with E-state index in [4.69, 9.17) is 0 Å². The Bertz CT molecular complexity index is 295. The van der Waals surface area contributed by atoms with Crippen molar-refractivity contribution in [2.24, 2.45) is 0 Å². The first-order valence-electron chi connectivity index (χ1n) is 7.83. The lowest BCUT2D eigenvalue weighted by atomic mass is 10.1. The molecule has 2 aliphatic rings. The molecule has 2 heterocycles. The fraction of sp³-hybridized carbons (Fsp3) is 0.857. The van der Waals surface area contributed by atoms with Gasteiger partial charge in [-0.1, -0.05) is 25.7 Å². The second-order valence-electron chi connectivity index (χ2n) is 5.56. The Balaban J connectivity index is 1.28. The van der Waals surface area contributed by atoms with Crippen LogP contribution in [0.15, 0.2) is 0 Å². The molecule has 0 bridgehead atoms. The van der Waals surface area contributed by atoms with E-state index >= 15 is 0 Å². The molecule has 20 heavy (non-hydrogen) atoms. The Hall–Kier alpha value is -1.46. The molecule has 0 aromatic rings. The second kappa shape index (κ2) is 7.97. The summed E-state index contributed by atoms with van der Waals surface area (Å²) in [6.07, 6.45) is 6.87. The zero-order valence-electron chi connectivity index (χ0n) is 12.2. The molecule has 0 spiro atoms. The van der Waals surface area contributed by atoms with E-state index in [0.717, 1.165) is 52.1 Å². The number of nitrogens with one attached hydrogen (secondary N) is 2. The van der Waals surface area contributed by atoms with E-state index in [0.29, 0.717) is 0 Å². The van der Waals surface area contributed by atoms with Gasteiger partial charge in [-0.25, -0.2) is 9.59 Å². The number of hydrogen-bond acceptors (Lipinski definition) is 2. The van der Waals surface area contributed by atoms with Crippen molar-refractivity contribution in [3.05, 3.63) is 0 Å². The van der Waals surface area contributed by atoms with Crippen molar-refractivity contribution >= 4 is 12.1 Å². The van der Waals surface area contributed by atoms with Crippen molar-refractivity contribution in [1.29, 1.82) is 0 Å². The Morgan fingerprint density at radius 2 is 1.00 bits per heavy atom. The summed E-state index contributed by atoms with van der Waals surface area (Å²) in [5.41, 5.74) is 0. The maximum Gasteiger partial charge on any atom is 0.317 e. The standard InChI is InChI=1S/C14H26N4O2/c19-13(17-9-10-17)15-7-5-3-1-2-4-6-8-16-14(20)18-11-12-18/h1-12H2,(H,15,19)(H,16,20). The van der Waals surface area contributed by atoms with Crippen LogP contribution in [0.5, 0.6) is 0 Å². The lowest BCUT2D eigenvalue weighted by molar-refractivity contribution is 0.228. The van der Waals surface area contributed by atoms with Crippen LogP contribution in [0, 0.1) is 0 Å². The van der Waals surface area contributed by atoms with Crippen LogP contribution in [0.4, 0.5) is 9.59 Å². The molecular weight excluding hydrogens is 256 g/mol. The van der Waals surface area contributed by atoms with Gasteiger partial charge < -0.3 is 20.4 Å². The van der Waals surface area contributed by atoms with Gasteiger partial charge in [0.1, 0.15) is 0 Å². The van der Waals surface area contributed by atoms with E-state index in [-0.39, 0.29) is 12.1 Å². The van der Waals surface area contributed by atoms with Crippen molar-refractivity contribution in [2.75, 3.05) is 39.3 Å². The van der Waals surface area contributed by atoms with Gasteiger partial charge >= 0.3 is 12.1 Å². The number of urea groups is 2. The molecule has 2 fully saturated rings. The maximum absolute atomic E-state index is 11.3. The van der Waals surface area contributed by atoms with Gasteiger partial charge in [0.15, 0.2) is 0 Å². The summed E-state index contributed by atoms with van der Waals surface area (Å²) in [5, 5.41) is 5.84. The van der Waals surface area contributed by atoms with E-state index in [1.807, 2.05) is 0 Å². The number of rotatable bonds is 9. The molecule has 0 aromatic carbocycles. The van der Waals surface area contributed by atoms with Crippen molar-refractivity contribution < 1.29 is 9.59 Å². The third-order valence-corrected chi connectivity index (χ3v) is 3.62. The van der Waals surface area contributed by atoms with Crippen LogP contribution in [-0.4, -0.2) is 61.1 Å². The Morgan fingerprint density at radius 1 is 0.650 bits per heavy atom. The molecular formula is C14H26N4O2. The average molecular weight is 282 g/mol. The van der Waals surface area contributed by atoms with Crippen LogP contribution in [0.3, 0.4) is 0 Å². The highest BCUT2D eigenvalue weighted by atomic mass is 16.2. The minimum atomic E-state index is 0.0899. The van der Waals surface area contributed by atoms with Gasteiger partial charge in [0.05, 0.1) is 0 Å². The summed E-state index contributed by atoms with van der Waals surface area (Å²) in [6.45, 7) is 5.25. The first kappa shape index (κ1) is 14.9. The van der Waals surface area contributed by atoms with Crippen molar-refractivity contribution in [2.45, 2.75) is 38.5 Å². The number of amides is 4. The SMILES string of the molecule is O=C(NCCCCCCCCNC(=O)N1CC1)N1CC1. The summed E-state index contributed by atoms with van der Waals surface area (Å²) in [6, 6.07) is 0.180. The highest BCUT2D eigenvalue weighted by Gasteiger charge is 2.23. The Morgan fingerprint density at radius 3 is 1.35 bits per heavy atom. The van der Waals surface area contributed by atoms with E-state index < -0.39 is 0 Å². The van der Waals surface area contributed by atoms with Gasteiger partial charge in [0.25, 0.3) is 0 Å². The molecule has 0 aliphatic carbocycles. The molecule has 4 amide bonds. The van der Waals surface area contributed by atoms with Crippen LogP contribution < -0.4 is 10.6 Å². The normalized spacial score (nSPS) is 16.0. The van der Waals surface area contributed by atoms with E-state index in [2.05, 4.69) is 10.6 Å². The summed E-state index contributed by atoms with van der Waals surface area (Å²) in [4.78, 5) is 26.2. The zero-order valence-corrected chi connectivity index (χ0v) is 12.2. The van der Waals surface area contributed by atoms with Crippen LogP contribution in [-0.2, 0) is 0 Å². The molecule has 6 heteroatoms. The van der Waals surface area contributed by atoms with Crippen LogP contribution in [0.2, 0.25) is 0 Å². The maximum atomic E-state index is 11.3. The molecule has 0 saturated carbocycles. The van der Waals surface area contributed by atoms with Crippen molar-refractivity contribution in [3.8, 4) is 0 Å². The summed E-state index contributed by atoms with van der Waals surface area (Å²) in [5.74, 6) is 0. The van der Waals surface area contributed by atoms with Gasteiger partial charge in [-0.3, -0.25) is 0 Å². The number of unbranched alkanes of at least 4 members (excludes halogenated alkanes) is 5. The monoisotopic (exact) mass is 282 g/mol. The van der Waals surface area contributed by atoms with Crippen molar-refractivity contribution in [1.82, 2.24) is 20.4 Å². The number of hydrogen-bond donors (Lipinski definition) is 2. The topological polar surface area (TPSA) is 64.2 Å². The molecule has 2 N–H and O–H groups in total. The summed E-state index contributed by atoms with van der Waals surface area (Å²) in [7, 11) is 0. The smallest absolute Gasteiger partial charge is 0.317 e. The van der Waals surface area contributed by atoms with Gasteiger partial charge in [0, 0.05) is 39.3 Å². The van der Waals surface area contributed by atoms with E-state index in [1.165, 1.54) is 25.7 Å². The fourth-order valence-corrected chi connectivity index (χ4v) is 2.08. The molecule has 2 aliphatic heterocycles. The lowest BCUT2D eigenvalue weighted by Crippen LogP contribution is -2.29. The number of carbonyl (C=O) groups is 2. The van der Waals surface area contributed by atoms with Crippen LogP contribution >= 0.6 is 0 Å². The van der Waals surface area contributed by atoms with Crippen LogP contribution in [0.25, 0.3) is 0 Å². The molecule has 0 aromatic heterocycles. The minimum Gasteiger partial charge on any atom is -0.338 e. The van der Waals surface area contributed by atoms with Gasteiger partial charge in [-0.05, 0) is 12.8 Å². The molecule has 0 atom stereocenters. The number of nitrogens with zero attached hydrogens (tertiary/aromatic N) is 2. The van der Waals surface area contributed by atoms with E-state index in [1.54, 1.807) is 9.80 Å². The highest BCUT2D eigenvalue weighted by Crippen LogP contribution is 2.06. The largest absolute Gasteiger partial charge is 0.338 e. The summed E-state index contributed by atoms with van der Waals surface area (Å²) >= 11 is 0. The molecule has 114 valence electrons. The average Bonchev–Trinajstić information content (AvgIpc) is 3.32. The molecule has 2 rings (SSSR count). The first-order chi connectivity index (χ1) is 9.77. The fourth-order valence-electron chi connectivity index (χ4n) is 2.08. The molecule has 0 unspecified atom stereocenters. The first-order valence-corrected chi connectivity index (χ1v) is 7.83. The predicted octanol–water partition coefficient (Wildman–Crippen LogP) is 1.38. The molecule has 0 radical (unpaired) electrons. The second-order valence-corrected chi connectivity index (χ2v) is 5.56. The highest BCUT2D eigenvalue weighted by molar-refractivity contribution is 5.76. The third kappa shape index (κ3) is 6.12. The zero-order chi connectivity index (χ0) is 14.2. The lowest BCUT2D eigenvalue weighted by Gasteiger charge is -2.06. The van der Waals surface area contributed by atoms with Gasteiger partial charge in [0.2, 0.25) is 0 Å².